The quantitative estimate of drug-likeness (QED) is 0.533. The summed E-state index contributed by atoms with van der Waals surface area (Å²) in [6.07, 6.45) is 1.65. The maximum absolute atomic E-state index is 11.2. The van der Waals surface area contributed by atoms with Crippen LogP contribution < -0.4 is 0 Å². The number of esters is 1. The number of hydrogen-bond acceptors (Lipinski definition) is 4. The summed E-state index contributed by atoms with van der Waals surface area (Å²) in [7, 11) is 0. The molecule has 0 radical (unpaired) electrons. The molecule has 94 valence electrons. The van der Waals surface area contributed by atoms with Gasteiger partial charge in [0.05, 0.1) is 0 Å². The van der Waals surface area contributed by atoms with Gasteiger partial charge in [0.2, 0.25) is 0 Å². The predicted molar refractivity (Wildman–Crippen MR) is 58.2 cm³/mol. The second-order valence-corrected chi connectivity index (χ2v) is 4.49. The minimum atomic E-state index is -0.979. The molecule has 0 saturated carbocycles. The zero-order chi connectivity index (χ0) is 12.6. The molecule has 0 bridgehead atoms. The monoisotopic (exact) mass is 232 g/mol. The molecule has 16 heavy (non-hydrogen) atoms. The Balaban J connectivity index is 3.38. The average Bonchev–Trinajstić information content (AvgIpc) is 2.07. The summed E-state index contributed by atoms with van der Waals surface area (Å²) in [5, 5.41) is 8.29. The zero-order valence-electron chi connectivity index (χ0n) is 10.1. The van der Waals surface area contributed by atoms with E-state index >= 15 is 0 Å². The molecule has 0 rings (SSSR count). The number of hydrogen-bond donors (Lipinski definition) is 1. The summed E-state index contributed by atoms with van der Waals surface area (Å²) in [5.74, 6) is -1.21. The lowest BCUT2D eigenvalue weighted by atomic mass is 10.2. The minimum Gasteiger partial charge on any atom is -0.480 e. The number of aliphatic carboxylic acids is 1. The summed E-state index contributed by atoms with van der Waals surface area (Å²) < 4.78 is 9.93. The van der Waals surface area contributed by atoms with Crippen LogP contribution in [0.1, 0.15) is 40.0 Å². The molecule has 5 nitrogen and oxygen atoms in total. The van der Waals surface area contributed by atoms with Crippen LogP contribution in [0.3, 0.4) is 0 Å². The highest BCUT2D eigenvalue weighted by Gasteiger charge is 2.15. The number of unbranched alkanes of at least 4 members (excludes halogenated alkanes) is 1. The zero-order valence-corrected chi connectivity index (χ0v) is 10.1. The predicted octanol–water partition coefficient (Wildman–Crippen LogP) is 1.60. The number of rotatable bonds is 7. The number of carboxylic acids is 1. The Morgan fingerprint density at radius 2 is 1.81 bits per heavy atom. The van der Waals surface area contributed by atoms with E-state index in [1.54, 1.807) is 0 Å². The molecule has 0 aromatic rings. The molecule has 0 amide bonds. The van der Waals surface area contributed by atoms with E-state index in [0.29, 0.717) is 25.9 Å². The third kappa shape index (κ3) is 11.0. The maximum Gasteiger partial charge on any atom is 0.329 e. The molecule has 1 N–H and O–H groups in total. The van der Waals surface area contributed by atoms with Crippen molar-refractivity contribution in [1.82, 2.24) is 0 Å². The molecular formula is C11H20O5. The molecular weight excluding hydrogens is 212 g/mol. The first-order valence-corrected chi connectivity index (χ1v) is 5.32. The molecule has 0 heterocycles. The molecule has 5 heteroatoms. The lowest BCUT2D eigenvalue weighted by molar-refractivity contribution is -0.155. The first kappa shape index (κ1) is 14.9. The van der Waals surface area contributed by atoms with Gasteiger partial charge in [-0.15, -0.1) is 0 Å². The van der Waals surface area contributed by atoms with Crippen LogP contribution in [0.2, 0.25) is 0 Å². The van der Waals surface area contributed by atoms with Crippen molar-refractivity contribution in [2.75, 3.05) is 13.2 Å². The molecule has 0 aliphatic rings. The van der Waals surface area contributed by atoms with Gasteiger partial charge in [0.15, 0.2) is 0 Å². The average molecular weight is 232 g/mol. The number of carbonyl (C=O) groups is 2. The molecule has 0 fully saturated rings. The van der Waals surface area contributed by atoms with Crippen molar-refractivity contribution in [3.8, 4) is 0 Å². The summed E-state index contributed by atoms with van der Waals surface area (Å²) in [5.41, 5.74) is -0.448. The van der Waals surface area contributed by atoms with Crippen molar-refractivity contribution in [2.24, 2.45) is 0 Å². The van der Waals surface area contributed by atoms with Gasteiger partial charge in [-0.25, -0.2) is 4.79 Å². The standard InChI is InChI=1S/C11H20O5/c1-11(2,3)16-10(14)6-4-5-7-15-8-9(12)13/h4-8H2,1-3H3,(H,12,13). The van der Waals surface area contributed by atoms with Crippen molar-refractivity contribution in [1.29, 1.82) is 0 Å². The van der Waals surface area contributed by atoms with Gasteiger partial charge in [-0.05, 0) is 33.6 Å². The highest BCUT2D eigenvalue weighted by Crippen LogP contribution is 2.09. The second-order valence-electron chi connectivity index (χ2n) is 4.49. The van der Waals surface area contributed by atoms with Crippen LogP contribution in [0.25, 0.3) is 0 Å². The van der Waals surface area contributed by atoms with Crippen molar-refractivity contribution < 1.29 is 24.2 Å². The third-order valence-corrected chi connectivity index (χ3v) is 1.57. The van der Waals surface area contributed by atoms with Crippen LogP contribution >= 0.6 is 0 Å². The Morgan fingerprint density at radius 1 is 1.19 bits per heavy atom. The van der Waals surface area contributed by atoms with E-state index < -0.39 is 11.6 Å². The van der Waals surface area contributed by atoms with Gasteiger partial charge in [-0.2, -0.15) is 0 Å². The minimum absolute atomic E-state index is 0.231. The lowest BCUT2D eigenvalue weighted by Crippen LogP contribution is -2.23. The van der Waals surface area contributed by atoms with Crippen molar-refractivity contribution in [3.63, 3.8) is 0 Å². The fourth-order valence-electron chi connectivity index (χ4n) is 1.03. The number of ether oxygens (including phenoxy) is 2. The topological polar surface area (TPSA) is 72.8 Å². The van der Waals surface area contributed by atoms with Crippen LogP contribution in [0.15, 0.2) is 0 Å². The fourth-order valence-corrected chi connectivity index (χ4v) is 1.03. The van der Waals surface area contributed by atoms with E-state index in [4.69, 9.17) is 14.6 Å². The van der Waals surface area contributed by atoms with E-state index in [2.05, 4.69) is 0 Å². The van der Waals surface area contributed by atoms with Gasteiger partial charge in [-0.3, -0.25) is 4.79 Å². The molecule has 0 saturated heterocycles. The summed E-state index contributed by atoms with van der Waals surface area (Å²) in [6.45, 7) is 5.53. The molecule has 0 aromatic carbocycles. The van der Waals surface area contributed by atoms with Crippen LogP contribution in [0.5, 0.6) is 0 Å². The molecule has 0 aromatic heterocycles. The van der Waals surface area contributed by atoms with Gasteiger partial charge in [0, 0.05) is 13.0 Å². The molecule has 0 atom stereocenters. The first-order valence-electron chi connectivity index (χ1n) is 5.32. The van der Waals surface area contributed by atoms with Gasteiger partial charge in [0.1, 0.15) is 12.2 Å². The van der Waals surface area contributed by atoms with Gasteiger partial charge >= 0.3 is 11.9 Å². The number of carbonyl (C=O) groups excluding carboxylic acids is 1. The van der Waals surface area contributed by atoms with Crippen molar-refractivity contribution >= 4 is 11.9 Å². The van der Waals surface area contributed by atoms with E-state index in [-0.39, 0.29) is 12.6 Å². The Kier molecular flexibility index (Phi) is 6.72. The number of carboxylic acid groups (broad SMARTS) is 1. The van der Waals surface area contributed by atoms with Gasteiger partial charge < -0.3 is 14.6 Å². The van der Waals surface area contributed by atoms with Crippen molar-refractivity contribution in [3.05, 3.63) is 0 Å². The smallest absolute Gasteiger partial charge is 0.329 e. The van der Waals surface area contributed by atoms with E-state index in [1.807, 2.05) is 20.8 Å². The highest BCUT2D eigenvalue weighted by atomic mass is 16.6. The van der Waals surface area contributed by atoms with Crippen LogP contribution in [0.4, 0.5) is 0 Å². The van der Waals surface area contributed by atoms with Crippen LogP contribution in [-0.4, -0.2) is 35.9 Å². The largest absolute Gasteiger partial charge is 0.480 e. The molecule has 0 aliphatic carbocycles. The van der Waals surface area contributed by atoms with E-state index in [9.17, 15) is 9.59 Å². The molecule has 0 aliphatic heterocycles. The molecule has 0 unspecified atom stereocenters. The SMILES string of the molecule is CC(C)(C)OC(=O)CCCCOCC(=O)O. The molecule has 0 spiro atoms. The first-order chi connectivity index (χ1) is 7.31. The highest BCUT2D eigenvalue weighted by molar-refractivity contribution is 5.69. The van der Waals surface area contributed by atoms with Gasteiger partial charge in [0.25, 0.3) is 0 Å². The third-order valence-electron chi connectivity index (χ3n) is 1.57. The fraction of sp³-hybridized carbons (Fsp3) is 0.818. The lowest BCUT2D eigenvalue weighted by Gasteiger charge is -2.19. The van der Waals surface area contributed by atoms with Crippen LogP contribution in [-0.2, 0) is 19.1 Å². The second kappa shape index (κ2) is 7.22. The summed E-state index contributed by atoms with van der Waals surface area (Å²) >= 11 is 0. The van der Waals surface area contributed by atoms with E-state index in [1.165, 1.54) is 0 Å². The normalized spacial score (nSPS) is 11.2. The Labute approximate surface area is 95.7 Å². The summed E-state index contributed by atoms with van der Waals surface area (Å²) in [4.78, 5) is 21.3. The summed E-state index contributed by atoms with van der Waals surface area (Å²) in [6, 6.07) is 0. The Bertz CT molecular complexity index is 229. The van der Waals surface area contributed by atoms with Gasteiger partial charge in [-0.1, -0.05) is 0 Å². The Hall–Kier alpha value is -1.10. The van der Waals surface area contributed by atoms with Crippen molar-refractivity contribution in [2.45, 2.75) is 45.6 Å². The Morgan fingerprint density at radius 3 is 2.31 bits per heavy atom. The maximum atomic E-state index is 11.2. The van der Waals surface area contributed by atoms with Crippen LogP contribution in [0, 0.1) is 0 Å². The van der Waals surface area contributed by atoms with E-state index in [0.717, 1.165) is 0 Å².